The van der Waals surface area contributed by atoms with Crippen molar-refractivity contribution in [2.75, 3.05) is 62.0 Å². The number of halogens is 4. The van der Waals surface area contributed by atoms with Crippen molar-refractivity contribution in [3.63, 3.8) is 0 Å². The van der Waals surface area contributed by atoms with Crippen molar-refractivity contribution < 1.29 is 66.5 Å². The zero-order valence-corrected chi connectivity index (χ0v) is 58.6. The molecule has 0 fully saturated rings. The Bertz CT molecular complexity index is 2220. The summed E-state index contributed by atoms with van der Waals surface area (Å²) in [5.74, 6) is -1.67. The first-order chi connectivity index (χ1) is 37.3. The normalized spacial score (nSPS) is 12.5. The molecule has 0 saturated heterocycles. The number of carboxylic acid groups (broad SMARTS) is 2. The molecule has 6 aromatic carbocycles. The number of hydrogen-bond acceptors (Lipinski definition) is 14. The van der Waals surface area contributed by atoms with Crippen LogP contribution in [0.4, 0.5) is 68.2 Å². The predicted octanol–water partition coefficient (Wildman–Crippen LogP) is 18.8. The Hall–Kier alpha value is -3.66. The average Bonchev–Trinajstić information content (AvgIpc) is 4.30. The topological polar surface area (TPSA) is 166 Å². The number of carbonyl (C=O) groups is 2. The van der Waals surface area contributed by atoms with E-state index in [1.54, 1.807) is 0 Å². The van der Waals surface area contributed by atoms with Crippen molar-refractivity contribution >= 4 is 145 Å². The Morgan fingerprint density at radius 3 is 0.605 bits per heavy atom. The van der Waals surface area contributed by atoms with Crippen molar-refractivity contribution in [3.8, 4) is 0 Å². The maximum Gasteiger partial charge on any atom is 2.00 e. The van der Waals surface area contributed by atoms with Gasteiger partial charge in [0, 0.05) is 82.1 Å². The van der Waals surface area contributed by atoms with Crippen LogP contribution >= 0.6 is 65.3 Å². The fraction of sp³-hybridized carbons (Fsp3) is 0.241. The van der Waals surface area contributed by atoms with Crippen molar-refractivity contribution in [1.82, 2.24) is 0 Å². The molecule has 6 heterocycles. The first kappa shape index (κ1) is 79.4. The molecule has 6 aliphatic rings. The number of fused-ring (bicyclic) bond motifs is 6. The zero-order valence-electron chi connectivity index (χ0n) is 44.3. The van der Waals surface area contributed by atoms with Crippen molar-refractivity contribution in [1.29, 1.82) is 0 Å². The molecule has 0 amide bonds. The molecule has 0 bridgehead atoms. The van der Waals surface area contributed by atoms with Gasteiger partial charge in [-0.25, -0.2) is 0 Å². The maximum absolute atomic E-state index is 9.00. The second-order valence-corrected chi connectivity index (χ2v) is 42.6. The Balaban J connectivity index is 0. The first-order valence-corrected chi connectivity index (χ1v) is 47.1. The summed E-state index contributed by atoms with van der Waals surface area (Å²) < 4.78 is 0. The second-order valence-electron chi connectivity index (χ2n) is 16.1. The van der Waals surface area contributed by atoms with Crippen LogP contribution in [0.5, 0.6) is 0 Å². The van der Waals surface area contributed by atoms with Crippen molar-refractivity contribution in [2.45, 2.75) is 96.9 Å². The molecular formula is C58H80Br2I2N12O4Pt3. The summed E-state index contributed by atoms with van der Waals surface area (Å²) in [7, 11) is 0. The summed E-state index contributed by atoms with van der Waals surface area (Å²) in [6.07, 6.45) is 3.75. The third-order valence-electron chi connectivity index (χ3n) is 9.66. The molecule has 0 aliphatic carbocycles. The minimum atomic E-state index is -0.833. The molecule has 454 valence electrons. The van der Waals surface area contributed by atoms with Crippen LogP contribution in [0.15, 0.2) is 146 Å². The van der Waals surface area contributed by atoms with E-state index in [-0.39, 0.29) is 57.8 Å². The quantitative estimate of drug-likeness (QED) is 0.0622. The second kappa shape index (κ2) is 45.7. The molecule has 0 spiro atoms. The third-order valence-corrected chi connectivity index (χ3v) is 9.66. The van der Waals surface area contributed by atoms with Crippen LogP contribution in [-0.2, 0) is 56.3 Å². The number of nitrogens with zero attached hydrogens (tertiary/aromatic N) is 6. The molecular weight excluding hydrogens is 1930 g/mol. The summed E-state index contributed by atoms with van der Waals surface area (Å²) in [6, 6.07) is 49.5. The van der Waals surface area contributed by atoms with Gasteiger partial charge in [-0.1, -0.05) is 156 Å². The first-order valence-electron chi connectivity index (χ1n) is 24.3. The Morgan fingerprint density at radius 1 is 0.395 bits per heavy atom. The van der Waals surface area contributed by atoms with Gasteiger partial charge in [0.05, 0.1) is 0 Å². The minimum Gasteiger partial charge on any atom is -0.513 e. The number of hydrazine groups is 3. The van der Waals surface area contributed by atoms with Gasteiger partial charge in [-0.05, 0) is 72.8 Å². The third kappa shape index (κ3) is 25.6. The molecule has 0 atom stereocenters. The molecule has 6 aromatic rings. The number of hydrogen-bond donors (Lipinski definition) is 8. The smallest absolute Gasteiger partial charge is 0.513 e. The largest absolute Gasteiger partial charge is 2.00 e. The number of rotatable bonds is 3. The van der Waals surface area contributed by atoms with E-state index >= 15 is 0 Å². The van der Waals surface area contributed by atoms with Crippen LogP contribution in [0.3, 0.4) is 0 Å². The van der Waals surface area contributed by atoms with Gasteiger partial charge in [0.25, 0.3) is 11.9 Å². The number of carboxylic acids is 2. The van der Waals surface area contributed by atoms with Crippen LogP contribution in [0.25, 0.3) is 0 Å². The molecule has 16 nitrogen and oxygen atoms in total. The Labute approximate surface area is 550 Å². The van der Waals surface area contributed by atoms with Gasteiger partial charge >= 0.3 is 112 Å². The van der Waals surface area contributed by atoms with E-state index in [0.29, 0.717) is 11.2 Å². The minimum absolute atomic E-state index is 0. The molecule has 23 heteroatoms. The van der Waals surface area contributed by atoms with E-state index in [9.17, 15) is 0 Å². The van der Waals surface area contributed by atoms with E-state index < -0.39 is 11.9 Å². The zero-order chi connectivity index (χ0) is 56.5. The van der Waals surface area contributed by atoms with Crippen LogP contribution in [0.2, 0.25) is 0 Å². The van der Waals surface area contributed by atoms with Crippen LogP contribution < -0.4 is 62.0 Å². The molecule has 12 rings (SSSR count). The monoisotopic (exact) mass is 2010 g/mol. The van der Waals surface area contributed by atoms with Crippen LogP contribution in [-0.4, -0.2) is 22.2 Å². The number of nitrogens with one attached hydrogen (secondary N) is 6. The van der Waals surface area contributed by atoms with Crippen molar-refractivity contribution in [2.24, 2.45) is 0 Å². The van der Waals surface area contributed by atoms with E-state index in [2.05, 4.69) is 242 Å². The van der Waals surface area contributed by atoms with Gasteiger partial charge < -0.3 is 72.2 Å². The molecule has 0 radical (unpaired) electrons. The molecule has 81 heavy (non-hydrogen) atoms. The van der Waals surface area contributed by atoms with Gasteiger partial charge in [-0.2, -0.15) is 0 Å². The molecule has 0 saturated carbocycles. The summed E-state index contributed by atoms with van der Waals surface area (Å²) in [5, 5.41) is 47.0. The van der Waals surface area contributed by atoms with E-state index in [0.717, 1.165) is 82.1 Å². The standard InChI is InChI=1S/3C14H12N4.3C3H8.2C2H4O2.3CH4.2BrH.2HI.3Pt/c3*1-3-7-13-11(5-1)15-9-17(13)18-10-16-12-6-2-4-8-14(12)18;3*1-3-2;2*1-2(3)4;;;;;;;;;;/h3*1-10,15-16H;3*3H2,1-2H3;2*1H3,(H,3,4);3*1H4;4*1H;;;/q3*-2;;;;;;;;;;;;;+2;2*+4/p-4. The van der Waals surface area contributed by atoms with Gasteiger partial charge in [-0.3, -0.25) is 9.59 Å². The number of benzene rings is 6. The van der Waals surface area contributed by atoms with E-state index in [1.807, 2.05) is 113 Å². The molecule has 6 aliphatic heterocycles. The van der Waals surface area contributed by atoms with Crippen LogP contribution in [0.1, 0.15) is 96.9 Å². The van der Waals surface area contributed by atoms with Gasteiger partial charge in [-0.15, -0.1) is 40.0 Å². The molecule has 8 N–H and O–H groups in total. The number of para-hydroxylation sites is 12. The van der Waals surface area contributed by atoms with E-state index in [4.69, 9.17) is 19.8 Å². The predicted molar refractivity (Wildman–Crippen MR) is 362 cm³/mol. The Kier molecular flexibility index (Phi) is 44.8. The number of anilines is 12. The van der Waals surface area contributed by atoms with Gasteiger partial charge in [0.15, 0.2) is 0 Å². The summed E-state index contributed by atoms with van der Waals surface area (Å²) >= 11 is 11.9. The van der Waals surface area contributed by atoms with E-state index in [1.165, 1.54) is 19.3 Å². The van der Waals surface area contributed by atoms with Crippen LogP contribution in [0, 0.1) is 40.0 Å². The fourth-order valence-electron chi connectivity index (χ4n) is 7.04. The summed E-state index contributed by atoms with van der Waals surface area (Å²) in [4.78, 5) is 18.0. The Morgan fingerprint density at radius 2 is 0.494 bits per heavy atom. The SMILES string of the molecule is C.C.C.CC(=O)O.CC(=O)O.CCC.CCC.CCC.[Br][Pt+2][Br].[I][Pt+2][I].[Pt+2].c1ccc2c(c1)N[CH-]N2N1[CH-]Nc2ccccc21.c1ccc2c(c1)N[CH-]N2N1[CH-]Nc2ccccc21.c1ccc2c(c1)N[CH-]N2N1[CH-]Nc2ccccc21. The van der Waals surface area contributed by atoms with Crippen molar-refractivity contribution in [3.05, 3.63) is 186 Å². The van der Waals surface area contributed by atoms with Gasteiger partial charge in [0.2, 0.25) is 0 Å². The average molecular weight is 2010 g/mol. The fourth-order valence-corrected chi connectivity index (χ4v) is 7.04. The maximum atomic E-state index is 9.00. The number of aliphatic carboxylic acids is 2. The molecule has 0 unspecified atom stereocenters. The summed E-state index contributed by atoms with van der Waals surface area (Å²) in [5.41, 5.74) is 13.6. The summed E-state index contributed by atoms with van der Waals surface area (Å²) in [6.45, 7) is 26.7. The molecule has 0 aromatic heterocycles. The van der Waals surface area contributed by atoms with Gasteiger partial charge in [0.1, 0.15) is 0 Å².